The van der Waals surface area contributed by atoms with Gasteiger partial charge in [-0.1, -0.05) is 0 Å². The van der Waals surface area contributed by atoms with Gasteiger partial charge in [-0.3, -0.25) is 9.36 Å². The molecule has 0 aromatic heterocycles. The first kappa shape index (κ1) is 24.9. The molecule has 0 saturated carbocycles. The van der Waals surface area contributed by atoms with Gasteiger partial charge in [0.05, 0.1) is 32.4 Å². The SMILES string of the molecule is CCOP(=O)(CC[C@@H](CCCNC(=O)OC(C)(C)C)C(=O)OC)OCC. The van der Waals surface area contributed by atoms with Gasteiger partial charge in [-0.15, -0.1) is 0 Å². The highest BCUT2D eigenvalue weighted by Crippen LogP contribution is 2.49. The fourth-order valence-electron chi connectivity index (χ4n) is 2.27. The zero-order valence-electron chi connectivity index (χ0n) is 16.8. The third kappa shape index (κ3) is 11.5. The Morgan fingerprint density at radius 2 is 1.65 bits per heavy atom. The molecule has 0 aliphatic heterocycles. The molecule has 1 atom stereocenters. The lowest BCUT2D eigenvalue weighted by molar-refractivity contribution is -0.145. The van der Waals surface area contributed by atoms with Crippen molar-refractivity contribution in [2.75, 3.05) is 33.0 Å². The summed E-state index contributed by atoms with van der Waals surface area (Å²) in [6.07, 6.45) is 1.03. The fourth-order valence-corrected chi connectivity index (χ4v) is 4.02. The molecule has 0 rings (SSSR count). The Morgan fingerprint density at radius 1 is 1.08 bits per heavy atom. The second kappa shape index (κ2) is 12.3. The van der Waals surface area contributed by atoms with Crippen LogP contribution in [0.15, 0.2) is 0 Å². The zero-order chi connectivity index (χ0) is 20.2. The van der Waals surface area contributed by atoms with Crippen LogP contribution >= 0.6 is 7.60 Å². The molecule has 26 heavy (non-hydrogen) atoms. The van der Waals surface area contributed by atoms with E-state index < -0.39 is 25.2 Å². The van der Waals surface area contributed by atoms with Crippen molar-refractivity contribution in [2.45, 2.75) is 59.5 Å². The quantitative estimate of drug-likeness (QED) is 0.305. The van der Waals surface area contributed by atoms with E-state index in [-0.39, 0.29) is 25.3 Å². The number of ether oxygens (including phenoxy) is 2. The topological polar surface area (TPSA) is 100 Å². The van der Waals surface area contributed by atoms with Crippen LogP contribution in [0.1, 0.15) is 53.9 Å². The maximum absolute atomic E-state index is 12.5. The van der Waals surface area contributed by atoms with Crippen LogP contribution in [-0.2, 0) is 27.9 Å². The minimum atomic E-state index is -3.20. The molecule has 0 aromatic rings. The Morgan fingerprint density at radius 3 is 2.12 bits per heavy atom. The van der Waals surface area contributed by atoms with Gasteiger partial charge in [-0.2, -0.15) is 0 Å². The summed E-state index contributed by atoms with van der Waals surface area (Å²) in [5.41, 5.74) is -0.557. The van der Waals surface area contributed by atoms with Crippen LogP contribution in [0.5, 0.6) is 0 Å². The van der Waals surface area contributed by atoms with E-state index >= 15 is 0 Å². The lowest BCUT2D eigenvalue weighted by Gasteiger charge is -2.21. The molecule has 0 unspecified atom stereocenters. The number of amides is 1. The van der Waals surface area contributed by atoms with Crippen molar-refractivity contribution in [3.63, 3.8) is 0 Å². The molecule has 0 radical (unpaired) electrons. The summed E-state index contributed by atoms with van der Waals surface area (Å²) in [5.74, 6) is -0.809. The highest BCUT2D eigenvalue weighted by Gasteiger charge is 2.28. The van der Waals surface area contributed by atoms with E-state index in [4.69, 9.17) is 18.5 Å². The predicted molar refractivity (Wildman–Crippen MR) is 99.3 cm³/mol. The standard InChI is InChI=1S/C17H34NO7P/c1-7-23-26(21,24-8-2)13-11-14(15(19)22-6)10-9-12-18-16(20)25-17(3,4)5/h14H,7-13H2,1-6H3,(H,18,20)/t14-/m1/s1. The first-order valence-corrected chi connectivity index (χ1v) is 10.7. The van der Waals surface area contributed by atoms with Gasteiger partial charge in [0.1, 0.15) is 5.60 Å². The summed E-state index contributed by atoms with van der Waals surface area (Å²) in [6, 6.07) is 0. The summed E-state index contributed by atoms with van der Waals surface area (Å²) < 4.78 is 33.0. The van der Waals surface area contributed by atoms with Crippen LogP contribution in [0.4, 0.5) is 4.79 Å². The number of alkyl carbamates (subject to hydrolysis) is 1. The molecule has 0 aromatic carbocycles. The van der Waals surface area contributed by atoms with Crippen molar-refractivity contribution in [1.82, 2.24) is 5.32 Å². The molecular formula is C17H34NO7P. The van der Waals surface area contributed by atoms with E-state index in [0.717, 1.165) is 0 Å². The number of rotatable bonds is 12. The summed E-state index contributed by atoms with van der Waals surface area (Å²) in [7, 11) is -1.88. The fraction of sp³-hybridized carbons (Fsp3) is 0.882. The predicted octanol–water partition coefficient (Wildman–Crippen LogP) is 3.74. The van der Waals surface area contributed by atoms with E-state index in [2.05, 4.69) is 5.32 Å². The largest absolute Gasteiger partial charge is 0.469 e. The van der Waals surface area contributed by atoms with Crippen LogP contribution in [0.2, 0.25) is 0 Å². The second-order valence-electron chi connectivity index (χ2n) is 6.75. The van der Waals surface area contributed by atoms with Gasteiger partial charge in [-0.25, -0.2) is 4.79 Å². The lowest BCUT2D eigenvalue weighted by atomic mass is 10.0. The first-order chi connectivity index (χ1) is 12.1. The molecule has 0 spiro atoms. The van der Waals surface area contributed by atoms with E-state index in [1.165, 1.54) is 7.11 Å². The molecule has 0 fully saturated rings. The first-order valence-electron chi connectivity index (χ1n) is 8.99. The zero-order valence-corrected chi connectivity index (χ0v) is 17.7. The van der Waals surface area contributed by atoms with Crippen LogP contribution in [0.25, 0.3) is 0 Å². The van der Waals surface area contributed by atoms with Crippen molar-refractivity contribution < 1.29 is 32.7 Å². The lowest BCUT2D eigenvalue weighted by Crippen LogP contribution is -2.33. The average Bonchev–Trinajstić information content (AvgIpc) is 2.52. The molecular weight excluding hydrogens is 361 g/mol. The minimum Gasteiger partial charge on any atom is -0.469 e. The molecule has 1 N–H and O–H groups in total. The number of carbonyl (C=O) groups excluding carboxylic acids is 2. The monoisotopic (exact) mass is 395 g/mol. The molecule has 1 amide bonds. The number of nitrogens with one attached hydrogen (secondary N) is 1. The Hall–Kier alpha value is -1.11. The summed E-state index contributed by atoms with van der Waals surface area (Å²) in [6.45, 7) is 9.77. The normalized spacial score (nSPS) is 13.2. The highest BCUT2D eigenvalue weighted by molar-refractivity contribution is 7.53. The smallest absolute Gasteiger partial charge is 0.407 e. The van der Waals surface area contributed by atoms with E-state index in [1.54, 1.807) is 34.6 Å². The Bertz CT molecular complexity index is 466. The number of hydrogen-bond donors (Lipinski definition) is 1. The van der Waals surface area contributed by atoms with Crippen molar-refractivity contribution >= 4 is 19.7 Å². The van der Waals surface area contributed by atoms with Gasteiger partial charge >= 0.3 is 19.7 Å². The number of carbonyl (C=O) groups is 2. The Balaban J connectivity index is 4.47. The molecule has 8 nitrogen and oxygen atoms in total. The number of esters is 1. The molecule has 0 aliphatic carbocycles. The highest BCUT2D eigenvalue weighted by atomic mass is 31.2. The molecule has 0 heterocycles. The summed E-state index contributed by atoms with van der Waals surface area (Å²) >= 11 is 0. The second-order valence-corrected chi connectivity index (χ2v) is 8.94. The van der Waals surface area contributed by atoms with Gasteiger partial charge in [0.2, 0.25) is 0 Å². The molecule has 0 aliphatic rings. The van der Waals surface area contributed by atoms with Gasteiger partial charge in [0.15, 0.2) is 0 Å². The Labute approximate surface area is 156 Å². The van der Waals surface area contributed by atoms with Gasteiger partial charge < -0.3 is 23.8 Å². The molecule has 9 heteroatoms. The van der Waals surface area contributed by atoms with Crippen LogP contribution in [-0.4, -0.2) is 50.7 Å². The summed E-state index contributed by atoms with van der Waals surface area (Å²) in [4.78, 5) is 23.6. The van der Waals surface area contributed by atoms with Crippen molar-refractivity contribution in [2.24, 2.45) is 5.92 Å². The number of methoxy groups -OCH3 is 1. The minimum absolute atomic E-state index is 0.147. The molecule has 0 saturated heterocycles. The van der Waals surface area contributed by atoms with Crippen molar-refractivity contribution in [1.29, 1.82) is 0 Å². The summed E-state index contributed by atoms with van der Waals surface area (Å²) in [5, 5.41) is 2.65. The third-order valence-electron chi connectivity index (χ3n) is 3.34. The molecule has 0 bridgehead atoms. The van der Waals surface area contributed by atoms with Crippen LogP contribution in [0.3, 0.4) is 0 Å². The van der Waals surface area contributed by atoms with Crippen LogP contribution in [0, 0.1) is 5.92 Å². The maximum Gasteiger partial charge on any atom is 0.407 e. The van der Waals surface area contributed by atoms with E-state index in [1.807, 2.05) is 0 Å². The van der Waals surface area contributed by atoms with Gasteiger partial charge in [0, 0.05) is 6.54 Å². The maximum atomic E-state index is 12.5. The number of hydrogen-bond acceptors (Lipinski definition) is 7. The Kier molecular flexibility index (Phi) is 11.8. The van der Waals surface area contributed by atoms with E-state index in [0.29, 0.717) is 25.8 Å². The third-order valence-corrected chi connectivity index (χ3v) is 5.44. The van der Waals surface area contributed by atoms with Crippen molar-refractivity contribution in [3.8, 4) is 0 Å². The van der Waals surface area contributed by atoms with Crippen molar-refractivity contribution in [3.05, 3.63) is 0 Å². The van der Waals surface area contributed by atoms with Gasteiger partial charge in [0.25, 0.3) is 0 Å². The average molecular weight is 395 g/mol. The van der Waals surface area contributed by atoms with Gasteiger partial charge in [-0.05, 0) is 53.9 Å². The van der Waals surface area contributed by atoms with Crippen LogP contribution < -0.4 is 5.32 Å². The van der Waals surface area contributed by atoms with E-state index in [9.17, 15) is 14.2 Å². The molecule has 154 valence electrons.